The second-order valence-electron chi connectivity index (χ2n) is 4.29. The van der Waals surface area contributed by atoms with E-state index in [0.717, 1.165) is 5.69 Å². The van der Waals surface area contributed by atoms with Crippen molar-refractivity contribution < 1.29 is 4.79 Å². The van der Waals surface area contributed by atoms with Crippen LogP contribution in [-0.2, 0) is 11.3 Å². The van der Waals surface area contributed by atoms with Crippen molar-refractivity contribution in [2.45, 2.75) is 20.4 Å². The Morgan fingerprint density at radius 3 is 2.81 bits per heavy atom. The zero-order valence-corrected chi connectivity index (χ0v) is 12.4. The molecule has 0 saturated carbocycles. The van der Waals surface area contributed by atoms with E-state index in [1.807, 2.05) is 13.0 Å². The van der Waals surface area contributed by atoms with Crippen LogP contribution < -0.4 is 16.8 Å². The van der Waals surface area contributed by atoms with Gasteiger partial charge in [-0.05, 0) is 13.0 Å². The largest absolute Gasteiger partial charge is 0.370 e. The third-order valence-corrected chi connectivity index (χ3v) is 3.11. The van der Waals surface area contributed by atoms with Crippen molar-refractivity contribution in [3.05, 3.63) is 22.8 Å². The van der Waals surface area contributed by atoms with Gasteiger partial charge in [-0.1, -0.05) is 0 Å². The topological polar surface area (TPSA) is 132 Å². The summed E-state index contributed by atoms with van der Waals surface area (Å²) in [6, 6.07) is 1.81. The number of aromatic nitrogens is 3. The van der Waals surface area contributed by atoms with Gasteiger partial charge in [0.1, 0.15) is 5.69 Å². The van der Waals surface area contributed by atoms with Gasteiger partial charge in [-0.3, -0.25) is 4.79 Å². The van der Waals surface area contributed by atoms with Crippen molar-refractivity contribution in [3.8, 4) is 11.5 Å². The number of nitrogens with two attached hydrogens (primary N) is 2. The monoisotopic (exact) mass is 305 g/mol. The molecule has 0 unspecified atom stereocenters. The SMILES string of the molecule is CC(=O)NCc1cc(C)nc(-c2csc(N=C(N)N)n2)n1. The molecule has 2 rings (SSSR count). The summed E-state index contributed by atoms with van der Waals surface area (Å²) in [5.41, 5.74) is 12.7. The fraction of sp³-hybridized carbons (Fsp3) is 0.250. The zero-order valence-electron chi connectivity index (χ0n) is 11.6. The minimum Gasteiger partial charge on any atom is -0.370 e. The van der Waals surface area contributed by atoms with Crippen LogP contribution in [0.3, 0.4) is 0 Å². The maximum atomic E-state index is 11.0. The van der Waals surface area contributed by atoms with Gasteiger partial charge >= 0.3 is 0 Å². The maximum absolute atomic E-state index is 11.0. The Kier molecular flexibility index (Phi) is 4.43. The van der Waals surface area contributed by atoms with Crippen LogP contribution in [0, 0.1) is 6.92 Å². The Bertz CT molecular complexity index is 691. The average molecular weight is 305 g/mol. The lowest BCUT2D eigenvalue weighted by Crippen LogP contribution is -2.21. The highest BCUT2D eigenvalue weighted by Gasteiger charge is 2.09. The summed E-state index contributed by atoms with van der Waals surface area (Å²) in [6.07, 6.45) is 0. The molecule has 2 heterocycles. The third-order valence-electron chi connectivity index (χ3n) is 2.37. The first-order valence-electron chi connectivity index (χ1n) is 6.08. The number of guanidine groups is 1. The van der Waals surface area contributed by atoms with Crippen LogP contribution >= 0.6 is 11.3 Å². The van der Waals surface area contributed by atoms with E-state index < -0.39 is 0 Å². The van der Waals surface area contributed by atoms with Gasteiger partial charge < -0.3 is 16.8 Å². The maximum Gasteiger partial charge on any atom is 0.217 e. The second kappa shape index (κ2) is 6.27. The molecule has 0 spiro atoms. The van der Waals surface area contributed by atoms with Crippen LogP contribution in [0.4, 0.5) is 5.13 Å². The number of aryl methyl sites for hydroxylation is 1. The van der Waals surface area contributed by atoms with Crippen LogP contribution in [-0.4, -0.2) is 26.8 Å². The molecular formula is C12H15N7OS. The number of hydrogen-bond donors (Lipinski definition) is 3. The number of nitrogens with one attached hydrogen (secondary N) is 1. The van der Waals surface area contributed by atoms with Gasteiger partial charge in [-0.15, -0.1) is 11.3 Å². The summed E-state index contributed by atoms with van der Waals surface area (Å²) < 4.78 is 0. The highest BCUT2D eigenvalue weighted by molar-refractivity contribution is 7.13. The molecule has 2 aromatic rings. The van der Waals surface area contributed by atoms with Crippen molar-refractivity contribution in [1.29, 1.82) is 0 Å². The molecule has 0 aliphatic rings. The van der Waals surface area contributed by atoms with E-state index in [-0.39, 0.29) is 11.9 Å². The highest BCUT2D eigenvalue weighted by Crippen LogP contribution is 2.24. The Morgan fingerprint density at radius 2 is 2.14 bits per heavy atom. The Labute approximate surface area is 125 Å². The van der Waals surface area contributed by atoms with Crippen molar-refractivity contribution in [2.24, 2.45) is 16.5 Å². The number of amides is 1. The molecule has 0 radical (unpaired) electrons. The fourth-order valence-corrected chi connectivity index (χ4v) is 2.27. The number of hydrogen-bond acceptors (Lipinski definition) is 6. The number of rotatable bonds is 4. The number of thiazole rings is 1. The molecule has 0 bridgehead atoms. The van der Waals surface area contributed by atoms with E-state index in [0.29, 0.717) is 28.9 Å². The lowest BCUT2D eigenvalue weighted by molar-refractivity contribution is -0.119. The summed E-state index contributed by atoms with van der Waals surface area (Å²) >= 11 is 1.29. The van der Waals surface area contributed by atoms with Crippen LogP contribution in [0.15, 0.2) is 16.4 Å². The third kappa shape index (κ3) is 4.21. The van der Waals surface area contributed by atoms with E-state index in [1.165, 1.54) is 18.3 Å². The quantitative estimate of drug-likeness (QED) is 0.555. The van der Waals surface area contributed by atoms with Crippen LogP contribution in [0.2, 0.25) is 0 Å². The molecule has 2 aromatic heterocycles. The summed E-state index contributed by atoms with van der Waals surface area (Å²) in [5, 5.41) is 4.92. The molecule has 5 N–H and O–H groups in total. The molecule has 0 atom stereocenters. The summed E-state index contributed by atoms with van der Waals surface area (Å²) in [4.78, 5) is 27.8. The van der Waals surface area contributed by atoms with Crippen molar-refractivity contribution in [2.75, 3.05) is 0 Å². The van der Waals surface area contributed by atoms with Crippen molar-refractivity contribution in [3.63, 3.8) is 0 Å². The van der Waals surface area contributed by atoms with E-state index in [9.17, 15) is 4.79 Å². The van der Waals surface area contributed by atoms with Crippen LogP contribution in [0.5, 0.6) is 0 Å². The zero-order chi connectivity index (χ0) is 15.4. The van der Waals surface area contributed by atoms with Crippen molar-refractivity contribution >= 4 is 28.3 Å². The first-order chi connectivity index (χ1) is 9.94. The standard InChI is InChI=1S/C12H15N7OS/c1-6-3-8(4-15-7(2)20)17-10(16-6)9-5-21-12(18-9)19-11(13)14/h3,5H,4H2,1-2H3,(H,15,20)(H4,13,14,18,19). The summed E-state index contributed by atoms with van der Waals surface area (Å²) in [5.74, 6) is 0.313. The normalized spacial score (nSPS) is 10.2. The van der Waals surface area contributed by atoms with Gasteiger partial charge in [-0.25, -0.2) is 15.0 Å². The van der Waals surface area contributed by atoms with E-state index in [4.69, 9.17) is 11.5 Å². The van der Waals surface area contributed by atoms with Gasteiger partial charge in [0.2, 0.25) is 11.0 Å². The first-order valence-corrected chi connectivity index (χ1v) is 6.96. The minimum atomic E-state index is -0.114. The summed E-state index contributed by atoms with van der Waals surface area (Å²) in [6.45, 7) is 3.65. The molecule has 8 nitrogen and oxygen atoms in total. The molecule has 0 aliphatic heterocycles. The average Bonchev–Trinajstić information content (AvgIpc) is 2.83. The molecule has 9 heteroatoms. The number of nitrogens with zero attached hydrogens (tertiary/aromatic N) is 4. The molecule has 0 fully saturated rings. The molecule has 110 valence electrons. The fourth-order valence-electron chi connectivity index (χ4n) is 1.58. The predicted molar refractivity (Wildman–Crippen MR) is 80.9 cm³/mol. The predicted octanol–water partition coefficient (Wildman–Crippen LogP) is 0.450. The highest BCUT2D eigenvalue weighted by atomic mass is 32.1. The number of carbonyl (C=O) groups excluding carboxylic acids is 1. The van der Waals surface area contributed by atoms with Crippen LogP contribution in [0.1, 0.15) is 18.3 Å². The Morgan fingerprint density at radius 1 is 1.38 bits per heavy atom. The van der Waals surface area contributed by atoms with Crippen LogP contribution in [0.25, 0.3) is 11.5 Å². The van der Waals surface area contributed by atoms with Gasteiger partial charge in [-0.2, -0.15) is 4.99 Å². The van der Waals surface area contributed by atoms with E-state index in [2.05, 4.69) is 25.3 Å². The Hall–Kier alpha value is -2.55. The molecule has 0 saturated heterocycles. The van der Waals surface area contributed by atoms with E-state index in [1.54, 1.807) is 5.38 Å². The first kappa shape index (κ1) is 14.9. The smallest absolute Gasteiger partial charge is 0.217 e. The molecule has 0 aliphatic carbocycles. The molecular weight excluding hydrogens is 290 g/mol. The Balaban J connectivity index is 2.28. The lowest BCUT2D eigenvalue weighted by Gasteiger charge is -2.05. The molecule has 21 heavy (non-hydrogen) atoms. The number of carbonyl (C=O) groups is 1. The lowest BCUT2D eigenvalue weighted by atomic mass is 10.3. The molecule has 1 amide bonds. The second-order valence-corrected chi connectivity index (χ2v) is 5.12. The van der Waals surface area contributed by atoms with E-state index >= 15 is 0 Å². The minimum absolute atomic E-state index is 0.0487. The van der Waals surface area contributed by atoms with Gasteiger partial charge in [0.25, 0.3) is 0 Å². The van der Waals surface area contributed by atoms with Crippen molar-refractivity contribution in [1.82, 2.24) is 20.3 Å². The summed E-state index contributed by atoms with van der Waals surface area (Å²) in [7, 11) is 0. The van der Waals surface area contributed by atoms with Gasteiger partial charge in [0.05, 0.1) is 12.2 Å². The van der Waals surface area contributed by atoms with Gasteiger partial charge in [0, 0.05) is 18.0 Å². The van der Waals surface area contributed by atoms with Gasteiger partial charge in [0.15, 0.2) is 11.8 Å². The number of aliphatic imine (C=N–C) groups is 1. The molecule has 0 aromatic carbocycles.